The number of hydrogen-bond donors (Lipinski definition) is 1. The minimum atomic E-state index is -0.121. The van der Waals surface area contributed by atoms with Crippen LogP contribution in [0.15, 0.2) is 24.3 Å². The number of carbonyl (C=O) groups is 1. The third-order valence-electron chi connectivity index (χ3n) is 5.26. The number of amides is 1. The maximum atomic E-state index is 13.1. The predicted molar refractivity (Wildman–Crippen MR) is 111 cm³/mol. The lowest BCUT2D eigenvalue weighted by Crippen LogP contribution is -2.29. The number of benzene rings is 1. The second-order valence-corrected chi connectivity index (χ2v) is 6.99. The first-order valence-corrected chi connectivity index (χ1v) is 9.70. The van der Waals surface area contributed by atoms with Gasteiger partial charge in [0.2, 0.25) is 0 Å². The van der Waals surface area contributed by atoms with Gasteiger partial charge in [-0.3, -0.25) is 9.48 Å². The van der Waals surface area contributed by atoms with E-state index >= 15 is 0 Å². The molecule has 0 fully saturated rings. The van der Waals surface area contributed by atoms with Crippen LogP contribution in [-0.2, 0) is 6.54 Å². The Morgan fingerprint density at radius 2 is 1.96 bits per heavy atom. The molecular weight excluding hydrogens is 352 g/mol. The van der Waals surface area contributed by atoms with Crippen molar-refractivity contribution in [2.24, 2.45) is 0 Å². The van der Waals surface area contributed by atoms with E-state index in [-0.39, 0.29) is 11.9 Å². The molecule has 0 saturated heterocycles. The van der Waals surface area contributed by atoms with Crippen molar-refractivity contribution in [2.45, 2.75) is 53.6 Å². The fourth-order valence-electron chi connectivity index (χ4n) is 3.80. The second-order valence-electron chi connectivity index (χ2n) is 6.99. The summed E-state index contributed by atoms with van der Waals surface area (Å²) in [5, 5.41) is 8.67. The number of aryl methyl sites for hydroxylation is 3. The molecule has 2 aromatic heterocycles. The molecule has 0 aliphatic carbocycles. The molecule has 28 heavy (non-hydrogen) atoms. The highest BCUT2D eigenvalue weighted by Crippen LogP contribution is 2.27. The Morgan fingerprint density at radius 1 is 1.21 bits per heavy atom. The zero-order chi connectivity index (χ0) is 20.4. The molecule has 2 heterocycles. The molecule has 6 nitrogen and oxygen atoms in total. The van der Waals surface area contributed by atoms with Gasteiger partial charge in [0, 0.05) is 23.2 Å². The van der Waals surface area contributed by atoms with Gasteiger partial charge in [-0.25, -0.2) is 4.98 Å². The second kappa shape index (κ2) is 8.00. The van der Waals surface area contributed by atoms with E-state index in [1.54, 1.807) is 7.11 Å². The quantitative estimate of drug-likeness (QED) is 0.693. The van der Waals surface area contributed by atoms with Crippen LogP contribution >= 0.6 is 0 Å². The monoisotopic (exact) mass is 380 g/mol. The van der Waals surface area contributed by atoms with Crippen molar-refractivity contribution < 1.29 is 9.53 Å². The molecule has 148 valence electrons. The summed E-state index contributed by atoms with van der Waals surface area (Å²) in [6.07, 6.45) is 0.788. The third-order valence-corrected chi connectivity index (χ3v) is 5.26. The molecule has 1 unspecified atom stereocenters. The highest BCUT2D eigenvalue weighted by molar-refractivity contribution is 5.99. The van der Waals surface area contributed by atoms with Gasteiger partial charge in [0.1, 0.15) is 11.3 Å². The Labute approximate surface area is 165 Å². The number of nitrogens with one attached hydrogen (secondary N) is 1. The van der Waals surface area contributed by atoms with Gasteiger partial charge >= 0.3 is 0 Å². The van der Waals surface area contributed by atoms with E-state index in [9.17, 15) is 4.79 Å². The zero-order valence-corrected chi connectivity index (χ0v) is 17.5. The van der Waals surface area contributed by atoms with Gasteiger partial charge in [0.25, 0.3) is 5.91 Å². The first-order valence-electron chi connectivity index (χ1n) is 9.70. The first-order chi connectivity index (χ1) is 13.4. The van der Waals surface area contributed by atoms with E-state index in [2.05, 4.69) is 36.2 Å². The Bertz CT molecular complexity index is 1020. The molecule has 0 saturated carbocycles. The zero-order valence-electron chi connectivity index (χ0n) is 17.5. The summed E-state index contributed by atoms with van der Waals surface area (Å²) >= 11 is 0. The van der Waals surface area contributed by atoms with E-state index in [1.165, 1.54) is 0 Å². The van der Waals surface area contributed by atoms with E-state index in [0.717, 1.165) is 40.8 Å². The first kappa shape index (κ1) is 19.9. The summed E-state index contributed by atoms with van der Waals surface area (Å²) in [4.78, 5) is 17.7. The van der Waals surface area contributed by atoms with Crippen molar-refractivity contribution in [3.8, 4) is 5.75 Å². The molecule has 0 radical (unpaired) electrons. The molecule has 0 aliphatic rings. The molecule has 1 atom stereocenters. The number of fused-ring (bicyclic) bond motifs is 1. The van der Waals surface area contributed by atoms with Gasteiger partial charge < -0.3 is 10.1 Å². The van der Waals surface area contributed by atoms with E-state index in [0.29, 0.717) is 17.0 Å². The van der Waals surface area contributed by atoms with E-state index in [1.807, 2.05) is 42.8 Å². The largest absolute Gasteiger partial charge is 0.494 e. The standard InChI is InChI=1S/C22H28N4O2/c1-7-18(20-14(4)25-26(8-2)15(20)5)24-22(27)17-12-16-10-9-11-19(28-6)21(16)23-13(17)3/h9-12,18H,7-8H2,1-6H3,(H,24,27). The van der Waals surface area contributed by atoms with Gasteiger partial charge in [-0.15, -0.1) is 0 Å². The molecule has 6 heteroatoms. The van der Waals surface area contributed by atoms with Crippen LogP contribution in [0.1, 0.15) is 59.3 Å². The van der Waals surface area contributed by atoms with Crippen LogP contribution < -0.4 is 10.1 Å². The fourth-order valence-corrected chi connectivity index (χ4v) is 3.80. The topological polar surface area (TPSA) is 69.0 Å². The van der Waals surface area contributed by atoms with Crippen LogP contribution in [0.2, 0.25) is 0 Å². The molecule has 1 N–H and O–H groups in total. The Balaban J connectivity index is 1.96. The van der Waals surface area contributed by atoms with Gasteiger partial charge in [0.05, 0.1) is 30.1 Å². The summed E-state index contributed by atoms with van der Waals surface area (Å²) < 4.78 is 7.37. The maximum absolute atomic E-state index is 13.1. The summed E-state index contributed by atoms with van der Waals surface area (Å²) in [5.41, 5.74) is 5.20. The third kappa shape index (κ3) is 3.46. The van der Waals surface area contributed by atoms with Crippen molar-refractivity contribution >= 4 is 16.8 Å². The van der Waals surface area contributed by atoms with E-state index in [4.69, 9.17) is 4.74 Å². The summed E-state index contributed by atoms with van der Waals surface area (Å²) in [6, 6.07) is 7.52. The molecule has 0 bridgehead atoms. The van der Waals surface area contributed by atoms with Crippen molar-refractivity contribution in [1.29, 1.82) is 0 Å². The Hall–Kier alpha value is -2.89. The minimum Gasteiger partial charge on any atom is -0.494 e. The summed E-state index contributed by atoms with van der Waals surface area (Å²) in [6.45, 7) is 10.9. The number of carbonyl (C=O) groups excluding carboxylic acids is 1. The highest BCUT2D eigenvalue weighted by Gasteiger charge is 2.23. The lowest BCUT2D eigenvalue weighted by molar-refractivity contribution is 0.0934. The van der Waals surface area contributed by atoms with Crippen LogP contribution in [0.5, 0.6) is 5.75 Å². The fraction of sp³-hybridized carbons (Fsp3) is 0.409. The van der Waals surface area contributed by atoms with Crippen LogP contribution in [-0.4, -0.2) is 27.8 Å². The Morgan fingerprint density at radius 3 is 2.57 bits per heavy atom. The number of pyridine rings is 1. The van der Waals surface area contributed by atoms with Crippen LogP contribution in [0, 0.1) is 20.8 Å². The maximum Gasteiger partial charge on any atom is 0.253 e. The van der Waals surface area contributed by atoms with Gasteiger partial charge in [0.15, 0.2) is 0 Å². The molecule has 3 aromatic rings. The number of rotatable bonds is 6. The number of hydrogen-bond acceptors (Lipinski definition) is 4. The number of nitrogens with zero attached hydrogens (tertiary/aromatic N) is 3. The lowest BCUT2D eigenvalue weighted by Gasteiger charge is -2.19. The normalized spacial score (nSPS) is 12.2. The van der Waals surface area contributed by atoms with Gasteiger partial charge in [-0.2, -0.15) is 5.10 Å². The predicted octanol–water partition coefficient (Wildman–Crippen LogP) is 4.27. The van der Waals surface area contributed by atoms with Gasteiger partial charge in [-0.05, 0) is 46.2 Å². The highest BCUT2D eigenvalue weighted by atomic mass is 16.5. The number of aromatic nitrogens is 3. The lowest BCUT2D eigenvalue weighted by atomic mass is 10.0. The summed E-state index contributed by atoms with van der Waals surface area (Å²) in [5.74, 6) is 0.585. The molecule has 1 aromatic carbocycles. The SMILES string of the molecule is CCC(NC(=O)c1cc2cccc(OC)c2nc1C)c1c(C)nn(CC)c1C. The average molecular weight is 380 g/mol. The van der Waals surface area contributed by atoms with Crippen LogP contribution in [0.4, 0.5) is 0 Å². The minimum absolute atomic E-state index is 0.0896. The van der Waals surface area contributed by atoms with Crippen molar-refractivity contribution in [1.82, 2.24) is 20.1 Å². The Kier molecular flexibility index (Phi) is 5.68. The van der Waals surface area contributed by atoms with Crippen molar-refractivity contribution in [3.05, 3.63) is 52.5 Å². The van der Waals surface area contributed by atoms with Crippen LogP contribution in [0.25, 0.3) is 10.9 Å². The number of methoxy groups -OCH3 is 1. The van der Waals surface area contributed by atoms with E-state index < -0.39 is 0 Å². The number of para-hydroxylation sites is 1. The van der Waals surface area contributed by atoms with Gasteiger partial charge in [-0.1, -0.05) is 19.1 Å². The van der Waals surface area contributed by atoms with Crippen molar-refractivity contribution in [2.75, 3.05) is 7.11 Å². The average Bonchev–Trinajstić information content (AvgIpc) is 2.98. The molecule has 0 aliphatic heterocycles. The summed E-state index contributed by atoms with van der Waals surface area (Å²) in [7, 11) is 1.62. The molecule has 0 spiro atoms. The molecular formula is C22H28N4O2. The smallest absolute Gasteiger partial charge is 0.253 e. The molecule has 1 amide bonds. The molecule has 3 rings (SSSR count). The van der Waals surface area contributed by atoms with Crippen molar-refractivity contribution in [3.63, 3.8) is 0 Å². The van der Waals surface area contributed by atoms with Crippen LogP contribution in [0.3, 0.4) is 0 Å². The number of ether oxygens (including phenoxy) is 1.